The van der Waals surface area contributed by atoms with E-state index >= 15 is 0 Å². The summed E-state index contributed by atoms with van der Waals surface area (Å²) in [5, 5.41) is 2.30. The maximum Gasteiger partial charge on any atom is 0.470 e. The molecule has 2 aromatic carbocycles. The number of hydrogen-bond acceptors (Lipinski definition) is 20. The average Bonchev–Trinajstić information content (AvgIpc) is 0.757. The van der Waals surface area contributed by atoms with Crippen molar-refractivity contribution in [1.29, 1.82) is 0 Å². The highest BCUT2D eigenvalue weighted by atomic mass is 28.5. The van der Waals surface area contributed by atoms with Gasteiger partial charge in [-0.25, -0.2) is 0 Å². The summed E-state index contributed by atoms with van der Waals surface area (Å²) in [5.41, 5.74) is 0. The van der Waals surface area contributed by atoms with Crippen LogP contribution in [0.2, 0.25) is 406 Å². The predicted molar refractivity (Wildman–Crippen MR) is 587 cm³/mol. The molecular weight excluding hydrogens is 1940 g/mol. The summed E-state index contributed by atoms with van der Waals surface area (Å²) in [4.78, 5) is 0. The molecule has 0 aliphatic carbocycles. The van der Waals surface area contributed by atoms with Crippen LogP contribution in [0.15, 0.2) is 60.7 Å². The summed E-state index contributed by atoms with van der Waals surface area (Å²) in [6, 6.07) is 21.0. The molecule has 0 aliphatic heterocycles. The minimum absolute atomic E-state index is 1.15. The number of benzene rings is 2. The number of hydrogen-bond donors (Lipinski definition) is 0. The molecule has 0 amide bonds. The highest BCUT2D eigenvalue weighted by Crippen LogP contribution is 2.34. The van der Waals surface area contributed by atoms with Gasteiger partial charge in [-0.2, -0.15) is 0 Å². The van der Waals surface area contributed by atoms with Crippen molar-refractivity contribution in [2.45, 2.75) is 406 Å². The Morgan fingerprint density at radius 1 is 0.117 bits per heavy atom. The van der Waals surface area contributed by atoms with E-state index in [1.807, 2.05) is 18.7 Å². The van der Waals surface area contributed by atoms with E-state index < -0.39 is 220 Å². The van der Waals surface area contributed by atoms with E-state index in [1.165, 1.54) is 0 Å². The lowest BCUT2D eigenvalue weighted by molar-refractivity contribution is 0.199. The third kappa shape index (κ3) is 76.7. The van der Waals surface area contributed by atoms with Crippen LogP contribution in [-0.4, -0.2) is 220 Å². The fourth-order valence-corrected chi connectivity index (χ4v) is 128. The summed E-state index contributed by atoms with van der Waals surface area (Å²) in [6.45, 7) is 135. The zero-order chi connectivity index (χ0) is 97.4. The van der Waals surface area contributed by atoms with Crippen molar-refractivity contribution >= 4 is 230 Å². The standard InChI is InChI=1S/C20H34O3Si4.C16H48O6Si7.3C10H30O3Si4.C8H24O2Si3/c1-24(2,3)21-26(7,8)23-27(22-25(4,5)6,19-15-11-9-12-16-19)20-17-13-10-14-18-20;1-23(2,3)17-26(10,11)20-29(16,21-27(12,13)18-24(4,5)6)22-28(14,15)19-25(7,8)9;3*1-14(2,3)11-16(7,8)13-17(9,10)12-15(4,5)6;1-11(2,3)9-13(7,8)10-12(4,5)6/h9-18H,1-8H3;1-16H3;3*1-10H3;1-8H3. The molecule has 120 heavy (non-hydrogen) atoms. The summed E-state index contributed by atoms with van der Waals surface area (Å²) in [6.07, 6.45) is 0. The third-order valence-electron chi connectivity index (χ3n) is 12.5. The van der Waals surface area contributed by atoms with Crippen LogP contribution in [0, 0.1) is 0 Å². The fourth-order valence-electron chi connectivity index (χ4n) is 14.8. The molecule has 0 aliphatic rings. The Morgan fingerprint density at radius 2 is 0.225 bits per heavy atom. The van der Waals surface area contributed by atoms with Crippen LogP contribution in [-0.2, 0) is 82.3 Å². The van der Waals surface area contributed by atoms with E-state index in [4.69, 9.17) is 82.3 Å². The lowest BCUT2D eigenvalue weighted by Gasteiger charge is -2.45. The molecule has 0 radical (unpaired) electrons. The first kappa shape index (κ1) is 130. The molecule has 2 aromatic rings. The topological polar surface area (TPSA) is 185 Å². The Bertz CT molecular complexity index is 2900. The van der Waals surface area contributed by atoms with Crippen molar-refractivity contribution in [2.75, 3.05) is 0 Å². The SMILES string of the molecule is C[Si](C)(C)O[Si](C)(C)O[Si](C)(C)C.C[Si](C)(C)O[Si](C)(C)O[Si](C)(C)O[Si](C)(C)C.C[Si](C)(C)O[Si](C)(C)O[Si](C)(C)O[Si](C)(C)C.C[Si](C)(C)O[Si](C)(C)O[Si](C)(C)O[Si](C)(C)C.C[Si](C)(C)O[Si](C)(C)O[Si](C)(O[Si](C)(C)O[Si](C)(C)C)O[Si](C)(C)O[Si](C)(C)C.C[Si](C)(C)O[Si](C)(C)O[Si](O[Si](C)(C)C)(c1ccccc1)c1ccccc1. The minimum atomic E-state index is -3.08. The van der Waals surface area contributed by atoms with E-state index in [1.54, 1.807) is 0 Å². The first-order chi connectivity index (χ1) is 51.4. The van der Waals surface area contributed by atoms with Gasteiger partial charge < -0.3 is 82.3 Å². The summed E-state index contributed by atoms with van der Waals surface area (Å²) >= 11 is 0. The highest BCUT2D eigenvalue weighted by molar-refractivity contribution is 7.03. The summed E-state index contributed by atoms with van der Waals surface area (Å²) < 4.78 is 128. The van der Waals surface area contributed by atoms with Gasteiger partial charge in [0.05, 0.1) is 0 Å². The van der Waals surface area contributed by atoms with E-state index in [2.05, 4.69) is 448 Å². The Hall–Kier alpha value is 3.28. The van der Waals surface area contributed by atoms with Gasteiger partial charge >= 0.3 is 112 Å². The second-order valence-electron chi connectivity index (χ2n) is 49.1. The lowest BCUT2D eigenvalue weighted by Crippen LogP contribution is -2.71. The van der Waals surface area contributed by atoms with Crippen molar-refractivity contribution in [3.05, 3.63) is 60.7 Å². The summed E-state index contributed by atoms with van der Waals surface area (Å²) in [7, 11) is -51.0. The van der Waals surface area contributed by atoms with Crippen molar-refractivity contribution in [2.24, 2.45) is 0 Å². The highest BCUT2D eigenvalue weighted by Gasteiger charge is 2.55. The van der Waals surface area contributed by atoms with Crippen LogP contribution in [0.5, 0.6) is 0 Å². The van der Waals surface area contributed by atoms with Gasteiger partial charge in [0.15, 0.2) is 108 Å². The van der Waals surface area contributed by atoms with Crippen molar-refractivity contribution in [1.82, 2.24) is 0 Å². The largest absolute Gasteiger partial charge is 0.470 e. The second-order valence-corrected chi connectivity index (χ2v) is 155. The molecular formula is C74H196O20Si26. The quantitative estimate of drug-likeness (QED) is 0.0571. The maximum absolute atomic E-state index is 7.05. The van der Waals surface area contributed by atoms with Gasteiger partial charge in [-0.3, -0.25) is 0 Å². The van der Waals surface area contributed by atoms with Gasteiger partial charge in [-0.1, -0.05) is 60.7 Å². The van der Waals surface area contributed by atoms with Crippen LogP contribution in [0.1, 0.15) is 0 Å². The monoisotopic (exact) mass is 2130 g/mol. The van der Waals surface area contributed by atoms with Gasteiger partial charge in [-0.15, -0.1) is 0 Å². The average molecular weight is 2140 g/mol. The van der Waals surface area contributed by atoms with Crippen molar-refractivity contribution in [3.8, 4) is 0 Å². The Kier molecular flexibility index (Phi) is 50.9. The molecule has 46 heteroatoms. The molecule has 2 rings (SSSR count). The molecule has 0 saturated heterocycles. The zero-order valence-electron chi connectivity index (χ0n) is 89.9. The smallest absolute Gasteiger partial charge is 0.437 e. The molecule has 0 aromatic heterocycles. The van der Waals surface area contributed by atoms with E-state index in [0.717, 1.165) is 10.4 Å². The van der Waals surface area contributed by atoms with Crippen LogP contribution in [0.3, 0.4) is 0 Å². The van der Waals surface area contributed by atoms with E-state index in [0.29, 0.717) is 0 Å². The van der Waals surface area contributed by atoms with Gasteiger partial charge in [0, 0.05) is 6.55 Å². The first-order valence-electron chi connectivity index (χ1n) is 43.5. The van der Waals surface area contributed by atoms with Crippen LogP contribution in [0.4, 0.5) is 0 Å². The third-order valence-corrected chi connectivity index (χ3v) is 96.6. The fraction of sp³-hybridized carbons (Fsp3) is 0.838. The van der Waals surface area contributed by atoms with Crippen LogP contribution < -0.4 is 10.4 Å². The predicted octanol–water partition coefficient (Wildman–Crippen LogP) is 26.6. The van der Waals surface area contributed by atoms with Crippen LogP contribution in [0.25, 0.3) is 0 Å². The minimum Gasteiger partial charge on any atom is -0.437 e. The number of rotatable bonds is 42. The van der Waals surface area contributed by atoms with E-state index in [9.17, 15) is 0 Å². The first-order valence-corrected chi connectivity index (χ1v) is 123. The normalized spacial score (nSPS) is 14.9. The molecule has 0 atom stereocenters. The molecule has 0 fully saturated rings. The Labute approximate surface area is 771 Å². The Balaban J connectivity index is -0.000000688. The summed E-state index contributed by atoms with van der Waals surface area (Å²) in [5.74, 6) is 0. The molecule has 20 nitrogen and oxygen atoms in total. The molecule has 0 heterocycles. The maximum atomic E-state index is 7.05. The van der Waals surface area contributed by atoms with Gasteiger partial charge in [0.2, 0.25) is 0 Å². The van der Waals surface area contributed by atoms with Crippen molar-refractivity contribution in [3.63, 3.8) is 0 Å². The van der Waals surface area contributed by atoms with E-state index in [-0.39, 0.29) is 0 Å². The van der Waals surface area contributed by atoms with Gasteiger partial charge in [0.25, 0.3) is 0 Å². The molecule has 716 valence electrons. The molecule has 0 saturated carbocycles. The van der Waals surface area contributed by atoms with Crippen molar-refractivity contribution < 1.29 is 82.3 Å². The molecule has 0 N–H and O–H groups in total. The van der Waals surface area contributed by atoms with Gasteiger partial charge in [0.1, 0.15) is 0 Å². The molecule has 0 spiro atoms. The van der Waals surface area contributed by atoms with Crippen LogP contribution >= 0.6 is 0 Å². The molecule has 0 bridgehead atoms. The lowest BCUT2D eigenvalue weighted by atomic mass is 10.4. The zero-order valence-corrected chi connectivity index (χ0v) is 116. The second kappa shape index (κ2) is 47.2. The molecule has 0 unspecified atom stereocenters. The van der Waals surface area contributed by atoms with Gasteiger partial charge in [-0.05, 0) is 410 Å². The Morgan fingerprint density at radius 3 is 0.350 bits per heavy atom.